The van der Waals surface area contributed by atoms with Gasteiger partial charge in [0, 0.05) is 38.4 Å². The van der Waals surface area contributed by atoms with Crippen molar-refractivity contribution in [3.63, 3.8) is 0 Å². The monoisotopic (exact) mass is 504 g/mol. The molecule has 0 saturated carbocycles. The molecule has 0 unspecified atom stereocenters. The number of aryl methyl sites for hydroxylation is 2. The van der Waals surface area contributed by atoms with Crippen molar-refractivity contribution in [3.8, 4) is 0 Å². The number of ether oxygens (including phenoxy) is 1. The molecule has 0 atom stereocenters. The Labute approximate surface area is 218 Å². The van der Waals surface area contributed by atoms with E-state index in [1.54, 1.807) is 9.80 Å². The van der Waals surface area contributed by atoms with Crippen molar-refractivity contribution in [2.24, 2.45) is 0 Å². The van der Waals surface area contributed by atoms with E-state index >= 15 is 0 Å². The summed E-state index contributed by atoms with van der Waals surface area (Å²) in [5, 5.41) is 2.96. The number of furan rings is 1. The van der Waals surface area contributed by atoms with Gasteiger partial charge in [-0.1, -0.05) is 48.0 Å². The number of carbonyl (C=O) groups is 2. The van der Waals surface area contributed by atoms with E-state index in [1.807, 2.05) is 80.6 Å². The van der Waals surface area contributed by atoms with E-state index in [-0.39, 0.29) is 18.5 Å². The summed E-state index contributed by atoms with van der Waals surface area (Å²) in [6.45, 7) is 8.72. The Hall–Kier alpha value is -3.62. The number of nitrogens with zero attached hydrogens (tertiary/aromatic N) is 3. The van der Waals surface area contributed by atoms with Crippen LogP contribution in [0.4, 0.5) is 10.5 Å². The Morgan fingerprint density at radius 3 is 2.30 bits per heavy atom. The maximum atomic E-state index is 13.7. The number of benzene rings is 2. The van der Waals surface area contributed by atoms with Gasteiger partial charge in [0.05, 0.1) is 19.8 Å². The smallest absolute Gasteiger partial charge is 0.322 e. The van der Waals surface area contributed by atoms with Crippen LogP contribution in [0.1, 0.15) is 22.6 Å². The quantitative estimate of drug-likeness (QED) is 0.446. The number of rotatable bonds is 10. The zero-order chi connectivity index (χ0) is 26.0. The maximum absolute atomic E-state index is 13.7. The van der Waals surface area contributed by atoms with Gasteiger partial charge in [0.1, 0.15) is 18.1 Å². The first-order chi connectivity index (χ1) is 18.0. The molecule has 1 aromatic heterocycles. The van der Waals surface area contributed by atoms with Gasteiger partial charge in [-0.05, 0) is 43.7 Å². The van der Waals surface area contributed by atoms with Crippen LogP contribution in [0.2, 0.25) is 0 Å². The van der Waals surface area contributed by atoms with Crippen molar-refractivity contribution < 1.29 is 18.7 Å². The molecule has 1 saturated heterocycles. The SMILES string of the molecule is Cc1ccc(NC(=O)N(CCN2CCOCC2)CC(=O)N(Cc2ccccc2)Cc2ccc(C)o2)cc1. The zero-order valence-electron chi connectivity index (χ0n) is 21.7. The highest BCUT2D eigenvalue weighted by Gasteiger charge is 2.24. The van der Waals surface area contributed by atoms with Crippen LogP contribution in [-0.2, 0) is 22.6 Å². The van der Waals surface area contributed by atoms with Gasteiger partial charge in [-0.15, -0.1) is 0 Å². The molecule has 1 aliphatic rings. The Bertz CT molecular complexity index is 1140. The van der Waals surface area contributed by atoms with Crippen LogP contribution < -0.4 is 5.32 Å². The number of morpholine rings is 1. The van der Waals surface area contributed by atoms with Crippen molar-refractivity contribution >= 4 is 17.6 Å². The zero-order valence-corrected chi connectivity index (χ0v) is 21.7. The van der Waals surface area contributed by atoms with Gasteiger partial charge in [-0.2, -0.15) is 0 Å². The molecule has 2 aromatic carbocycles. The molecule has 1 aliphatic heterocycles. The van der Waals surface area contributed by atoms with Crippen LogP contribution in [-0.4, -0.2) is 72.6 Å². The largest absolute Gasteiger partial charge is 0.464 e. The molecular formula is C29H36N4O4. The fraction of sp³-hybridized carbons (Fsp3) is 0.379. The third kappa shape index (κ3) is 8.20. The van der Waals surface area contributed by atoms with Crippen molar-refractivity contribution in [1.82, 2.24) is 14.7 Å². The molecule has 1 N–H and O–H groups in total. The van der Waals surface area contributed by atoms with Gasteiger partial charge >= 0.3 is 6.03 Å². The van der Waals surface area contributed by atoms with E-state index in [1.165, 1.54) is 0 Å². The minimum absolute atomic E-state index is 0.0332. The minimum atomic E-state index is -0.293. The fourth-order valence-electron chi connectivity index (χ4n) is 4.24. The van der Waals surface area contributed by atoms with Crippen LogP contribution in [0.5, 0.6) is 0 Å². The third-order valence-electron chi connectivity index (χ3n) is 6.42. The Kier molecular flexibility index (Phi) is 9.35. The molecule has 4 rings (SSSR count). The second-order valence-corrected chi connectivity index (χ2v) is 9.42. The first kappa shape index (κ1) is 26.4. The van der Waals surface area contributed by atoms with Crippen LogP contribution >= 0.6 is 0 Å². The van der Waals surface area contributed by atoms with Gasteiger partial charge < -0.3 is 24.3 Å². The molecule has 8 heteroatoms. The van der Waals surface area contributed by atoms with Crippen molar-refractivity contribution in [2.75, 3.05) is 51.3 Å². The molecule has 3 aromatic rings. The standard InChI is InChI=1S/C29H36N4O4/c1-23-8-11-26(12-9-23)30-29(35)32(15-14-31-16-18-36-19-17-31)22-28(34)33(20-25-6-4-3-5-7-25)21-27-13-10-24(2)37-27/h3-13H,14-22H2,1-2H3,(H,30,35). The lowest BCUT2D eigenvalue weighted by atomic mass is 10.2. The number of nitrogens with one attached hydrogen (secondary N) is 1. The van der Waals surface area contributed by atoms with E-state index in [0.717, 1.165) is 30.0 Å². The lowest BCUT2D eigenvalue weighted by Crippen LogP contribution is -2.48. The molecule has 1 fully saturated rings. The lowest BCUT2D eigenvalue weighted by molar-refractivity contribution is -0.133. The van der Waals surface area contributed by atoms with Gasteiger partial charge in [0.25, 0.3) is 0 Å². The van der Waals surface area contributed by atoms with Gasteiger partial charge in [-0.3, -0.25) is 9.69 Å². The number of anilines is 1. The molecule has 3 amide bonds. The molecule has 37 heavy (non-hydrogen) atoms. The number of amides is 3. The van der Waals surface area contributed by atoms with Gasteiger partial charge in [0.2, 0.25) is 5.91 Å². The first-order valence-electron chi connectivity index (χ1n) is 12.8. The molecule has 0 bridgehead atoms. The van der Waals surface area contributed by atoms with Gasteiger partial charge in [-0.25, -0.2) is 4.79 Å². The number of hydrogen-bond acceptors (Lipinski definition) is 5. The van der Waals surface area contributed by atoms with Crippen LogP contribution in [0.25, 0.3) is 0 Å². The van der Waals surface area contributed by atoms with E-state index in [0.29, 0.717) is 50.8 Å². The van der Waals surface area contributed by atoms with Crippen LogP contribution in [0.15, 0.2) is 71.1 Å². The summed E-state index contributed by atoms with van der Waals surface area (Å²) in [6, 6.07) is 21.0. The molecule has 0 aliphatic carbocycles. The normalized spacial score (nSPS) is 13.8. The molecule has 0 spiro atoms. The topological polar surface area (TPSA) is 78.3 Å². The van der Waals surface area contributed by atoms with E-state index < -0.39 is 0 Å². The van der Waals surface area contributed by atoms with E-state index in [9.17, 15) is 9.59 Å². The highest BCUT2D eigenvalue weighted by atomic mass is 16.5. The van der Waals surface area contributed by atoms with Gasteiger partial charge in [0.15, 0.2) is 0 Å². The molecule has 2 heterocycles. The second kappa shape index (κ2) is 13.1. The predicted molar refractivity (Wildman–Crippen MR) is 143 cm³/mol. The fourth-order valence-corrected chi connectivity index (χ4v) is 4.24. The number of urea groups is 1. The molecule has 0 radical (unpaired) electrons. The summed E-state index contributed by atoms with van der Waals surface area (Å²) in [5.74, 6) is 1.37. The molecule has 196 valence electrons. The maximum Gasteiger partial charge on any atom is 0.322 e. The minimum Gasteiger partial charge on any atom is -0.464 e. The average Bonchev–Trinajstić information content (AvgIpc) is 3.33. The highest BCUT2D eigenvalue weighted by Crippen LogP contribution is 2.15. The van der Waals surface area contributed by atoms with E-state index in [4.69, 9.17) is 9.15 Å². The van der Waals surface area contributed by atoms with Crippen LogP contribution in [0, 0.1) is 13.8 Å². The van der Waals surface area contributed by atoms with E-state index in [2.05, 4.69) is 10.2 Å². The number of carbonyl (C=O) groups excluding carboxylic acids is 2. The Morgan fingerprint density at radius 1 is 0.892 bits per heavy atom. The summed E-state index contributed by atoms with van der Waals surface area (Å²) < 4.78 is 11.2. The summed E-state index contributed by atoms with van der Waals surface area (Å²) >= 11 is 0. The van der Waals surface area contributed by atoms with Crippen molar-refractivity contribution in [1.29, 1.82) is 0 Å². The molecule has 8 nitrogen and oxygen atoms in total. The average molecular weight is 505 g/mol. The lowest BCUT2D eigenvalue weighted by Gasteiger charge is -2.31. The first-order valence-corrected chi connectivity index (χ1v) is 12.8. The predicted octanol–water partition coefficient (Wildman–Crippen LogP) is 4.29. The number of hydrogen-bond donors (Lipinski definition) is 1. The highest BCUT2D eigenvalue weighted by molar-refractivity contribution is 5.92. The summed E-state index contributed by atoms with van der Waals surface area (Å²) in [6.07, 6.45) is 0. The van der Waals surface area contributed by atoms with Crippen molar-refractivity contribution in [2.45, 2.75) is 26.9 Å². The summed E-state index contributed by atoms with van der Waals surface area (Å²) in [7, 11) is 0. The second-order valence-electron chi connectivity index (χ2n) is 9.42. The third-order valence-corrected chi connectivity index (χ3v) is 6.42. The van der Waals surface area contributed by atoms with Crippen molar-refractivity contribution in [3.05, 3.63) is 89.4 Å². The Balaban J connectivity index is 1.49. The Morgan fingerprint density at radius 2 is 1.62 bits per heavy atom. The summed E-state index contributed by atoms with van der Waals surface area (Å²) in [4.78, 5) is 32.6. The molecular weight excluding hydrogens is 468 g/mol. The van der Waals surface area contributed by atoms with Crippen LogP contribution in [0.3, 0.4) is 0 Å². The summed E-state index contributed by atoms with van der Waals surface area (Å²) in [5.41, 5.74) is 2.83.